The summed E-state index contributed by atoms with van der Waals surface area (Å²) >= 11 is 0. The van der Waals surface area contributed by atoms with Crippen molar-refractivity contribution < 1.29 is 14.3 Å². The summed E-state index contributed by atoms with van der Waals surface area (Å²) in [5, 5.41) is 19.5. The number of aryl methyl sites for hydroxylation is 1. The Kier molecular flexibility index (Phi) is 5.06. The fourth-order valence-electron chi connectivity index (χ4n) is 3.73. The van der Waals surface area contributed by atoms with Crippen molar-refractivity contribution in [2.45, 2.75) is 31.2 Å². The maximum Gasteiger partial charge on any atom is 0.325 e. The van der Waals surface area contributed by atoms with E-state index in [0.717, 1.165) is 5.56 Å². The predicted octanol–water partition coefficient (Wildman–Crippen LogP) is 3.82. The average molecular weight is 352 g/mol. The molecule has 0 saturated carbocycles. The minimum Gasteiger partial charge on any atom is -0.480 e. The first-order chi connectivity index (χ1) is 12.5. The van der Waals surface area contributed by atoms with E-state index in [9.17, 15) is 19.6 Å². The lowest BCUT2D eigenvalue weighted by molar-refractivity contribution is -0.144. The van der Waals surface area contributed by atoms with Crippen LogP contribution in [0.5, 0.6) is 0 Å². The highest BCUT2D eigenvalue weighted by molar-refractivity contribution is 5.75. The van der Waals surface area contributed by atoms with Crippen molar-refractivity contribution in [3.05, 3.63) is 71.0 Å². The van der Waals surface area contributed by atoms with Crippen LogP contribution in [-0.4, -0.2) is 29.1 Å². The molecule has 0 unspecified atom stereocenters. The molecule has 1 aliphatic rings. The quantitative estimate of drug-likeness (QED) is 0.909. The van der Waals surface area contributed by atoms with Crippen molar-refractivity contribution in [1.82, 2.24) is 4.90 Å². The van der Waals surface area contributed by atoms with Crippen LogP contribution < -0.4 is 0 Å². The molecule has 1 saturated heterocycles. The molecule has 0 bridgehead atoms. The van der Waals surface area contributed by atoms with Crippen LogP contribution in [0.4, 0.5) is 4.39 Å². The Bertz CT molecular complexity index is 837. The number of rotatable bonds is 4. The summed E-state index contributed by atoms with van der Waals surface area (Å²) in [6, 6.07) is 15.7. The SMILES string of the molecule is Cc1cc([C@H](C(=O)O)N2CCC(C#N)(c3ccccc3)CC2)ccc1F. The third-order valence-electron chi connectivity index (χ3n) is 5.29. The Morgan fingerprint density at radius 3 is 2.42 bits per heavy atom. The molecule has 0 aromatic heterocycles. The molecule has 0 spiro atoms. The molecular weight excluding hydrogens is 331 g/mol. The van der Waals surface area contributed by atoms with Gasteiger partial charge in [-0.3, -0.25) is 9.69 Å². The number of nitriles is 1. The second-order valence-electron chi connectivity index (χ2n) is 6.85. The van der Waals surface area contributed by atoms with Gasteiger partial charge >= 0.3 is 5.97 Å². The fourth-order valence-corrected chi connectivity index (χ4v) is 3.73. The molecule has 5 heteroatoms. The maximum atomic E-state index is 13.5. The number of carboxylic acids is 1. The Labute approximate surface area is 152 Å². The summed E-state index contributed by atoms with van der Waals surface area (Å²) in [6.45, 7) is 2.62. The van der Waals surface area contributed by atoms with E-state index in [1.54, 1.807) is 13.0 Å². The topological polar surface area (TPSA) is 64.3 Å². The van der Waals surface area contributed by atoms with Crippen LogP contribution >= 0.6 is 0 Å². The Morgan fingerprint density at radius 2 is 1.88 bits per heavy atom. The number of carbonyl (C=O) groups is 1. The molecular formula is C21H21FN2O2. The van der Waals surface area contributed by atoms with Crippen LogP contribution in [0.15, 0.2) is 48.5 Å². The van der Waals surface area contributed by atoms with Crippen molar-refractivity contribution in [2.75, 3.05) is 13.1 Å². The summed E-state index contributed by atoms with van der Waals surface area (Å²) in [5.41, 5.74) is 1.40. The van der Waals surface area contributed by atoms with Gasteiger partial charge in [-0.1, -0.05) is 42.5 Å². The molecule has 1 fully saturated rings. The number of nitrogens with zero attached hydrogens (tertiary/aromatic N) is 2. The highest BCUT2D eigenvalue weighted by atomic mass is 19.1. The van der Waals surface area contributed by atoms with Crippen molar-refractivity contribution in [3.63, 3.8) is 0 Å². The molecule has 0 aliphatic carbocycles. The van der Waals surface area contributed by atoms with Crippen LogP contribution in [0, 0.1) is 24.1 Å². The Morgan fingerprint density at radius 1 is 1.23 bits per heavy atom. The summed E-state index contributed by atoms with van der Waals surface area (Å²) in [6.07, 6.45) is 1.13. The van der Waals surface area contributed by atoms with Gasteiger partial charge in [-0.25, -0.2) is 4.39 Å². The smallest absolute Gasteiger partial charge is 0.325 e. The first-order valence-electron chi connectivity index (χ1n) is 8.66. The number of aliphatic carboxylic acids is 1. The molecule has 1 atom stereocenters. The first kappa shape index (κ1) is 18.1. The number of likely N-dealkylation sites (tertiary alicyclic amines) is 1. The third kappa shape index (κ3) is 3.33. The van der Waals surface area contributed by atoms with Gasteiger partial charge in [0, 0.05) is 13.1 Å². The van der Waals surface area contributed by atoms with Gasteiger partial charge in [0.2, 0.25) is 0 Å². The molecule has 1 aliphatic heterocycles. The van der Waals surface area contributed by atoms with Gasteiger partial charge in [-0.15, -0.1) is 0 Å². The van der Waals surface area contributed by atoms with E-state index in [0.29, 0.717) is 37.1 Å². The third-order valence-corrected chi connectivity index (χ3v) is 5.29. The van der Waals surface area contributed by atoms with Crippen LogP contribution in [0.25, 0.3) is 0 Å². The van der Waals surface area contributed by atoms with Gasteiger partial charge in [0.05, 0.1) is 11.5 Å². The molecule has 1 N–H and O–H groups in total. The zero-order chi connectivity index (χ0) is 18.7. The minimum absolute atomic E-state index is 0.343. The van der Waals surface area contributed by atoms with E-state index in [2.05, 4.69) is 6.07 Å². The molecule has 0 amide bonds. The molecule has 0 radical (unpaired) electrons. The number of hydrogen-bond donors (Lipinski definition) is 1. The van der Waals surface area contributed by atoms with Crippen molar-refractivity contribution in [1.29, 1.82) is 5.26 Å². The summed E-state index contributed by atoms with van der Waals surface area (Å²) in [5.74, 6) is -1.30. The second kappa shape index (κ2) is 7.27. The number of benzene rings is 2. The normalized spacial score (nSPS) is 18.0. The molecule has 1 heterocycles. The number of piperidine rings is 1. The van der Waals surface area contributed by atoms with E-state index in [4.69, 9.17) is 0 Å². The molecule has 2 aromatic rings. The number of hydrogen-bond acceptors (Lipinski definition) is 3. The van der Waals surface area contributed by atoms with E-state index < -0.39 is 17.4 Å². The number of halogens is 1. The maximum absolute atomic E-state index is 13.5. The van der Waals surface area contributed by atoms with Gasteiger partial charge < -0.3 is 5.11 Å². The highest BCUT2D eigenvalue weighted by Gasteiger charge is 2.40. The standard InChI is InChI=1S/C21H21FN2O2/c1-15-13-16(7-8-18(15)22)19(20(25)26)24-11-9-21(14-23,10-12-24)17-5-3-2-4-6-17/h2-8,13,19H,9-12H2,1H3,(H,25,26)/t19-/m1/s1. The van der Waals surface area contributed by atoms with Crippen LogP contribution in [0.2, 0.25) is 0 Å². The average Bonchev–Trinajstić information content (AvgIpc) is 2.66. The lowest BCUT2D eigenvalue weighted by Gasteiger charge is -2.40. The second-order valence-corrected chi connectivity index (χ2v) is 6.85. The van der Waals surface area contributed by atoms with Crippen LogP contribution in [-0.2, 0) is 10.2 Å². The predicted molar refractivity (Wildman–Crippen MR) is 96.1 cm³/mol. The zero-order valence-electron chi connectivity index (χ0n) is 14.7. The van der Waals surface area contributed by atoms with Gasteiger partial charge in [0.15, 0.2) is 0 Å². The summed E-state index contributed by atoms with van der Waals surface area (Å²) < 4.78 is 13.5. The monoisotopic (exact) mass is 352 g/mol. The Hall–Kier alpha value is -2.71. The van der Waals surface area contributed by atoms with Crippen LogP contribution in [0.1, 0.15) is 35.6 Å². The van der Waals surface area contributed by atoms with Crippen LogP contribution in [0.3, 0.4) is 0 Å². The lowest BCUT2D eigenvalue weighted by atomic mass is 9.73. The fraction of sp³-hybridized carbons (Fsp3) is 0.333. The lowest BCUT2D eigenvalue weighted by Crippen LogP contribution is -2.45. The van der Waals surface area contributed by atoms with Gasteiger partial charge in [-0.05, 0) is 42.5 Å². The van der Waals surface area contributed by atoms with Gasteiger partial charge in [0.25, 0.3) is 0 Å². The number of carboxylic acid groups (broad SMARTS) is 1. The summed E-state index contributed by atoms with van der Waals surface area (Å²) in [7, 11) is 0. The summed E-state index contributed by atoms with van der Waals surface area (Å²) in [4.78, 5) is 13.8. The highest BCUT2D eigenvalue weighted by Crippen LogP contribution is 2.37. The largest absolute Gasteiger partial charge is 0.480 e. The minimum atomic E-state index is -0.958. The first-order valence-corrected chi connectivity index (χ1v) is 8.66. The van der Waals surface area contributed by atoms with E-state index in [1.807, 2.05) is 35.2 Å². The molecule has 4 nitrogen and oxygen atoms in total. The van der Waals surface area contributed by atoms with E-state index >= 15 is 0 Å². The Balaban J connectivity index is 1.83. The van der Waals surface area contributed by atoms with Crippen molar-refractivity contribution in [3.8, 4) is 6.07 Å². The molecule has 134 valence electrons. The van der Waals surface area contributed by atoms with Gasteiger partial charge in [-0.2, -0.15) is 5.26 Å². The molecule has 3 rings (SSSR count). The molecule has 26 heavy (non-hydrogen) atoms. The van der Waals surface area contributed by atoms with Gasteiger partial charge in [0.1, 0.15) is 11.9 Å². The van der Waals surface area contributed by atoms with Crippen molar-refractivity contribution in [2.24, 2.45) is 0 Å². The molecule has 2 aromatic carbocycles. The van der Waals surface area contributed by atoms with E-state index in [1.165, 1.54) is 12.1 Å². The zero-order valence-corrected chi connectivity index (χ0v) is 14.7. The van der Waals surface area contributed by atoms with Crippen molar-refractivity contribution >= 4 is 5.97 Å². The van der Waals surface area contributed by atoms with E-state index in [-0.39, 0.29) is 5.82 Å².